The van der Waals surface area contributed by atoms with E-state index >= 15 is 0 Å². The lowest BCUT2D eigenvalue weighted by Gasteiger charge is -2.24. The number of likely N-dealkylation sites (N-methyl/N-ethyl adjacent to an activating group) is 1. The quantitative estimate of drug-likeness (QED) is 0.896. The number of hydrogen-bond donors (Lipinski definition) is 1. The molecule has 0 fully saturated rings. The Morgan fingerprint density at radius 2 is 2.11 bits per heavy atom. The molecule has 0 aromatic carbocycles. The number of nitrogens with one attached hydrogen (secondary N) is 1. The Labute approximate surface area is 114 Å². The van der Waals surface area contributed by atoms with Crippen LogP contribution in [0.2, 0.25) is 0 Å². The first-order valence-corrected chi connectivity index (χ1v) is 6.67. The lowest BCUT2D eigenvalue weighted by molar-refractivity contribution is 0.216. The van der Waals surface area contributed by atoms with Crippen LogP contribution in [0.15, 0.2) is 12.3 Å². The molecule has 0 unspecified atom stereocenters. The molecule has 0 saturated heterocycles. The van der Waals surface area contributed by atoms with Crippen molar-refractivity contribution in [2.75, 3.05) is 7.05 Å². The van der Waals surface area contributed by atoms with Crippen LogP contribution in [-0.2, 0) is 13.1 Å². The van der Waals surface area contributed by atoms with E-state index < -0.39 is 0 Å². The van der Waals surface area contributed by atoms with E-state index in [4.69, 9.17) is 0 Å². The van der Waals surface area contributed by atoms with Gasteiger partial charge in [-0.05, 0) is 40.8 Å². The van der Waals surface area contributed by atoms with Crippen LogP contribution < -0.4 is 0 Å². The topological polar surface area (TPSA) is 49.7 Å². The molecule has 2 aromatic rings. The predicted octanol–water partition coefficient (Wildman–Crippen LogP) is 2.05. The van der Waals surface area contributed by atoms with Crippen molar-refractivity contribution >= 4 is 0 Å². The smallest absolute Gasteiger partial charge is 0.120 e. The van der Waals surface area contributed by atoms with Gasteiger partial charge in [-0.25, -0.2) is 4.98 Å². The summed E-state index contributed by atoms with van der Waals surface area (Å²) in [6.07, 6.45) is 1.87. The van der Waals surface area contributed by atoms with Gasteiger partial charge in [0.05, 0.1) is 18.8 Å². The Hall–Kier alpha value is -1.62. The molecule has 0 saturated carbocycles. The van der Waals surface area contributed by atoms with Crippen LogP contribution in [0, 0.1) is 20.8 Å². The van der Waals surface area contributed by atoms with Gasteiger partial charge < -0.3 is 4.98 Å². The van der Waals surface area contributed by atoms with Gasteiger partial charge in [0.25, 0.3) is 0 Å². The van der Waals surface area contributed by atoms with Crippen LogP contribution in [0.25, 0.3) is 0 Å². The molecule has 1 atom stereocenters. The van der Waals surface area contributed by atoms with E-state index in [1.165, 1.54) is 5.69 Å². The van der Waals surface area contributed by atoms with Gasteiger partial charge >= 0.3 is 0 Å². The molecule has 0 bridgehead atoms. The van der Waals surface area contributed by atoms with Crippen LogP contribution in [0.1, 0.15) is 29.8 Å². The fourth-order valence-electron chi connectivity index (χ4n) is 2.19. The number of nitrogens with zero attached hydrogens (tertiary/aromatic N) is 4. The van der Waals surface area contributed by atoms with Crippen LogP contribution in [0.4, 0.5) is 0 Å². The molecule has 2 rings (SSSR count). The lowest BCUT2D eigenvalue weighted by Crippen LogP contribution is -2.33. The second-order valence-electron chi connectivity index (χ2n) is 5.39. The van der Waals surface area contributed by atoms with Gasteiger partial charge in [-0.2, -0.15) is 5.10 Å². The molecule has 19 heavy (non-hydrogen) atoms. The summed E-state index contributed by atoms with van der Waals surface area (Å²) in [6, 6.07) is 2.52. The maximum absolute atomic E-state index is 4.51. The highest BCUT2D eigenvalue weighted by Gasteiger charge is 2.13. The van der Waals surface area contributed by atoms with Crippen molar-refractivity contribution in [3.8, 4) is 0 Å². The number of hydrogen-bond acceptors (Lipinski definition) is 3. The number of rotatable bonds is 5. The first kappa shape index (κ1) is 13.8. The second-order valence-corrected chi connectivity index (χ2v) is 5.39. The molecule has 0 aliphatic carbocycles. The van der Waals surface area contributed by atoms with Gasteiger partial charge in [0.2, 0.25) is 0 Å². The number of aromatic amines is 1. The van der Waals surface area contributed by atoms with E-state index in [1.807, 2.05) is 20.0 Å². The van der Waals surface area contributed by atoms with Crippen molar-refractivity contribution in [3.63, 3.8) is 0 Å². The first-order valence-electron chi connectivity index (χ1n) is 6.67. The maximum atomic E-state index is 4.51. The molecule has 104 valence electrons. The van der Waals surface area contributed by atoms with Gasteiger partial charge in [-0.3, -0.25) is 9.58 Å². The minimum Gasteiger partial charge on any atom is -0.345 e. The third kappa shape index (κ3) is 3.44. The van der Waals surface area contributed by atoms with Crippen LogP contribution >= 0.6 is 0 Å². The fourth-order valence-corrected chi connectivity index (χ4v) is 2.19. The summed E-state index contributed by atoms with van der Waals surface area (Å²) in [6.45, 7) is 10.1. The molecular formula is C14H23N5. The maximum Gasteiger partial charge on any atom is 0.120 e. The normalized spacial score (nSPS) is 13.2. The standard InChI is InChI=1S/C14H23N5/c1-10-6-12(3)19(17-10)8-13(4)18(5)9-14-15-7-11(2)16-14/h6-7,13H,8-9H2,1-5H3,(H,15,16)/t13-/m0/s1. The zero-order valence-electron chi connectivity index (χ0n) is 12.4. The summed E-state index contributed by atoms with van der Waals surface area (Å²) in [7, 11) is 2.12. The van der Waals surface area contributed by atoms with Gasteiger partial charge in [0, 0.05) is 23.6 Å². The average molecular weight is 261 g/mol. The Morgan fingerprint density at radius 3 is 2.63 bits per heavy atom. The molecule has 2 heterocycles. The third-order valence-electron chi connectivity index (χ3n) is 3.45. The zero-order chi connectivity index (χ0) is 14.0. The highest BCUT2D eigenvalue weighted by Crippen LogP contribution is 2.08. The van der Waals surface area contributed by atoms with E-state index in [-0.39, 0.29) is 0 Å². The summed E-state index contributed by atoms with van der Waals surface area (Å²) in [4.78, 5) is 9.90. The molecule has 1 N–H and O–H groups in total. The van der Waals surface area contributed by atoms with Crippen LogP contribution in [0.3, 0.4) is 0 Å². The van der Waals surface area contributed by atoms with E-state index in [1.54, 1.807) is 0 Å². The first-order chi connectivity index (χ1) is 8.95. The van der Waals surface area contributed by atoms with Gasteiger partial charge in [0.15, 0.2) is 0 Å². The van der Waals surface area contributed by atoms with Gasteiger partial charge in [-0.15, -0.1) is 0 Å². The summed E-state index contributed by atoms with van der Waals surface area (Å²) in [5.74, 6) is 1.01. The van der Waals surface area contributed by atoms with E-state index in [0.29, 0.717) is 6.04 Å². The number of aryl methyl sites for hydroxylation is 3. The molecule has 5 heteroatoms. The molecule has 0 spiro atoms. The number of H-pyrrole nitrogens is 1. The van der Waals surface area contributed by atoms with Crippen LogP contribution in [-0.4, -0.2) is 37.7 Å². The molecule has 0 aliphatic heterocycles. The highest BCUT2D eigenvalue weighted by atomic mass is 15.3. The van der Waals surface area contributed by atoms with Crippen molar-refractivity contribution in [2.45, 2.75) is 46.8 Å². The third-order valence-corrected chi connectivity index (χ3v) is 3.45. The molecular weight excluding hydrogens is 238 g/mol. The summed E-state index contributed by atoms with van der Waals surface area (Å²) < 4.78 is 2.07. The van der Waals surface area contributed by atoms with Crippen molar-refractivity contribution in [1.82, 2.24) is 24.6 Å². The molecule has 5 nitrogen and oxygen atoms in total. The minimum absolute atomic E-state index is 0.406. The molecule has 0 aliphatic rings. The second kappa shape index (κ2) is 5.57. The molecule has 0 radical (unpaired) electrons. The Morgan fingerprint density at radius 1 is 1.37 bits per heavy atom. The molecule has 2 aromatic heterocycles. The zero-order valence-corrected chi connectivity index (χ0v) is 12.4. The summed E-state index contributed by atoms with van der Waals surface area (Å²) >= 11 is 0. The Balaban J connectivity index is 1.95. The lowest BCUT2D eigenvalue weighted by atomic mass is 10.3. The fraction of sp³-hybridized carbons (Fsp3) is 0.571. The van der Waals surface area contributed by atoms with Gasteiger partial charge in [-0.1, -0.05) is 0 Å². The van der Waals surface area contributed by atoms with E-state index in [2.05, 4.69) is 51.6 Å². The SMILES string of the molecule is Cc1cc(C)n(C[C@H](C)N(C)Cc2ncc(C)[nH]2)n1. The average Bonchev–Trinajstić information content (AvgIpc) is 2.85. The van der Waals surface area contributed by atoms with Crippen LogP contribution in [0.5, 0.6) is 0 Å². The summed E-state index contributed by atoms with van der Waals surface area (Å²) in [5.41, 5.74) is 3.40. The van der Waals surface area contributed by atoms with Crippen molar-refractivity contribution in [3.05, 3.63) is 35.2 Å². The number of aromatic nitrogens is 4. The largest absolute Gasteiger partial charge is 0.345 e. The predicted molar refractivity (Wildman–Crippen MR) is 76.0 cm³/mol. The van der Waals surface area contributed by atoms with Gasteiger partial charge in [0.1, 0.15) is 5.82 Å². The Bertz CT molecular complexity index is 540. The van der Waals surface area contributed by atoms with E-state index in [0.717, 1.165) is 30.3 Å². The van der Waals surface area contributed by atoms with Crippen molar-refractivity contribution in [1.29, 1.82) is 0 Å². The molecule has 0 amide bonds. The summed E-state index contributed by atoms with van der Waals surface area (Å²) in [5, 5.41) is 4.51. The highest BCUT2D eigenvalue weighted by molar-refractivity contribution is 5.06. The van der Waals surface area contributed by atoms with E-state index in [9.17, 15) is 0 Å². The Kier molecular flexibility index (Phi) is 4.04. The minimum atomic E-state index is 0.406. The van der Waals surface area contributed by atoms with Crippen molar-refractivity contribution < 1.29 is 0 Å². The van der Waals surface area contributed by atoms with Crippen molar-refractivity contribution in [2.24, 2.45) is 0 Å². The number of imidazole rings is 1. The monoisotopic (exact) mass is 261 g/mol.